The lowest BCUT2D eigenvalue weighted by atomic mass is 9.95. The van der Waals surface area contributed by atoms with Crippen molar-refractivity contribution in [2.75, 3.05) is 13.2 Å². The Morgan fingerprint density at radius 1 is 1.05 bits per heavy atom. The number of hydrogen-bond acceptors (Lipinski definition) is 7. The molecule has 0 unspecified atom stereocenters. The summed E-state index contributed by atoms with van der Waals surface area (Å²) in [5, 5.41) is 1.07. The van der Waals surface area contributed by atoms with Crippen LogP contribution in [0.25, 0.3) is 6.08 Å². The summed E-state index contributed by atoms with van der Waals surface area (Å²) in [4.78, 5) is 32.3. The van der Waals surface area contributed by atoms with Crippen molar-refractivity contribution in [1.82, 2.24) is 4.57 Å². The first kappa shape index (κ1) is 32.3. The number of rotatable bonds is 9. The number of nitrogens with zero attached hydrogens (tertiary/aromatic N) is 2. The van der Waals surface area contributed by atoms with Crippen LogP contribution in [0.5, 0.6) is 11.5 Å². The third kappa shape index (κ3) is 6.75. The third-order valence-corrected chi connectivity index (χ3v) is 9.30. The monoisotopic (exact) mass is 762 g/mol. The molecule has 228 valence electrons. The minimum atomic E-state index is -0.664. The fourth-order valence-corrected chi connectivity index (χ4v) is 7.16. The van der Waals surface area contributed by atoms with E-state index in [0.717, 1.165) is 25.8 Å². The second-order valence-corrected chi connectivity index (χ2v) is 13.0. The predicted molar refractivity (Wildman–Crippen MR) is 183 cm³/mol. The van der Waals surface area contributed by atoms with Gasteiger partial charge in [0.25, 0.3) is 5.56 Å². The SMILES string of the molecule is CCOC(=O)C1=C(C)N=c2s/c(=C\c3cc(I)c(OCc4ccc(Cl)cc4Cl)c(OCC)c3)c(=O)n2[C@@H]1c1ccc(C)cc1. The molecular formula is C33H29Cl2IN2O5S. The molecule has 0 spiro atoms. The number of ether oxygens (including phenoxy) is 3. The van der Waals surface area contributed by atoms with Gasteiger partial charge in [-0.25, -0.2) is 9.79 Å². The van der Waals surface area contributed by atoms with Crippen molar-refractivity contribution in [1.29, 1.82) is 0 Å². The number of esters is 1. The summed E-state index contributed by atoms with van der Waals surface area (Å²) >= 11 is 15.9. The Bertz CT molecular complexity index is 1950. The van der Waals surface area contributed by atoms with Crippen LogP contribution in [-0.4, -0.2) is 23.8 Å². The lowest BCUT2D eigenvalue weighted by Gasteiger charge is -2.24. The van der Waals surface area contributed by atoms with Gasteiger partial charge in [0.2, 0.25) is 0 Å². The van der Waals surface area contributed by atoms with Gasteiger partial charge < -0.3 is 14.2 Å². The molecule has 0 bridgehead atoms. The topological polar surface area (TPSA) is 79.1 Å². The zero-order chi connectivity index (χ0) is 31.5. The largest absolute Gasteiger partial charge is 0.490 e. The van der Waals surface area contributed by atoms with Gasteiger partial charge in [-0.3, -0.25) is 9.36 Å². The molecule has 0 N–H and O–H groups in total. The summed E-state index contributed by atoms with van der Waals surface area (Å²) in [5.74, 6) is 0.632. The Morgan fingerprint density at radius 3 is 2.48 bits per heavy atom. The molecule has 0 radical (unpaired) electrons. The number of hydrogen-bond donors (Lipinski definition) is 0. The molecule has 0 amide bonds. The van der Waals surface area contributed by atoms with E-state index in [4.69, 9.17) is 37.4 Å². The van der Waals surface area contributed by atoms with E-state index >= 15 is 0 Å². The van der Waals surface area contributed by atoms with E-state index in [-0.39, 0.29) is 18.8 Å². The Labute approximate surface area is 282 Å². The first-order valence-electron chi connectivity index (χ1n) is 13.9. The summed E-state index contributed by atoms with van der Waals surface area (Å²) in [6, 6.07) is 16.2. The van der Waals surface area contributed by atoms with Gasteiger partial charge in [-0.15, -0.1) is 0 Å². The molecule has 1 aliphatic rings. The first-order chi connectivity index (χ1) is 21.1. The van der Waals surface area contributed by atoms with Crippen LogP contribution in [0.2, 0.25) is 10.0 Å². The minimum absolute atomic E-state index is 0.216. The Kier molecular flexibility index (Phi) is 10.2. The van der Waals surface area contributed by atoms with Gasteiger partial charge in [-0.1, -0.05) is 70.4 Å². The van der Waals surface area contributed by atoms with Crippen LogP contribution in [0.4, 0.5) is 0 Å². The van der Waals surface area contributed by atoms with Crippen molar-refractivity contribution in [3.8, 4) is 11.5 Å². The van der Waals surface area contributed by atoms with Crippen molar-refractivity contribution < 1.29 is 19.0 Å². The van der Waals surface area contributed by atoms with Crippen LogP contribution in [0, 0.1) is 10.5 Å². The predicted octanol–water partition coefficient (Wildman–Crippen LogP) is 7.00. The quantitative estimate of drug-likeness (QED) is 0.136. The highest BCUT2D eigenvalue weighted by atomic mass is 127. The number of halogens is 3. The highest BCUT2D eigenvalue weighted by Crippen LogP contribution is 2.36. The number of aryl methyl sites for hydroxylation is 1. The number of fused-ring (bicyclic) bond motifs is 1. The summed E-state index contributed by atoms with van der Waals surface area (Å²) in [6.45, 7) is 8.28. The molecule has 1 aliphatic heterocycles. The number of carbonyl (C=O) groups excluding carboxylic acids is 1. The highest BCUT2D eigenvalue weighted by molar-refractivity contribution is 14.1. The Morgan fingerprint density at radius 2 is 1.80 bits per heavy atom. The van der Waals surface area contributed by atoms with Gasteiger partial charge in [0.1, 0.15) is 6.61 Å². The fourth-order valence-electron chi connectivity index (χ4n) is 4.87. The number of aromatic nitrogens is 1. The molecule has 11 heteroatoms. The number of carbonyl (C=O) groups is 1. The number of thiazole rings is 1. The maximum atomic E-state index is 14.0. The maximum Gasteiger partial charge on any atom is 0.338 e. The van der Waals surface area contributed by atoms with Crippen LogP contribution < -0.4 is 24.4 Å². The van der Waals surface area contributed by atoms with E-state index in [1.165, 1.54) is 11.3 Å². The number of allylic oxidation sites excluding steroid dienone is 1. The molecule has 1 atom stereocenters. The van der Waals surface area contributed by atoms with Gasteiger partial charge in [0.15, 0.2) is 16.3 Å². The van der Waals surface area contributed by atoms with E-state index in [2.05, 4.69) is 27.6 Å². The number of benzene rings is 3. The Balaban J connectivity index is 1.58. The molecule has 3 aromatic carbocycles. The van der Waals surface area contributed by atoms with E-state index in [9.17, 15) is 9.59 Å². The zero-order valence-corrected chi connectivity index (χ0v) is 28.9. The minimum Gasteiger partial charge on any atom is -0.490 e. The molecule has 44 heavy (non-hydrogen) atoms. The van der Waals surface area contributed by atoms with Crippen LogP contribution in [0.1, 0.15) is 49.1 Å². The average molecular weight is 763 g/mol. The molecule has 0 saturated heterocycles. The molecule has 4 aromatic rings. The van der Waals surface area contributed by atoms with Crippen molar-refractivity contribution in [3.05, 3.63) is 121 Å². The maximum absolute atomic E-state index is 14.0. The summed E-state index contributed by atoms with van der Waals surface area (Å²) in [5.41, 5.74) is 4.05. The van der Waals surface area contributed by atoms with Crippen molar-refractivity contribution in [3.63, 3.8) is 0 Å². The average Bonchev–Trinajstić information content (AvgIpc) is 3.27. The van der Waals surface area contributed by atoms with Gasteiger partial charge in [0, 0.05) is 15.6 Å². The van der Waals surface area contributed by atoms with Crippen molar-refractivity contribution in [2.45, 2.75) is 40.3 Å². The van der Waals surface area contributed by atoms with Crippen molar-refractivity contribution in [2.24, 2.45) is 4.99 Å². The summed E-state index contributed by atoms with van der Waals surface area (Å²) in [7, 11) is 0. The third-order valence-electron chi connectivity index (χ3n) is 6.93. The normalized spacial score (nSPS) is 14.7. The van der Waals surface area contributed by atoms with Gasteiger partial charge >= 0.3 is 5.97 Å². The van der Waals surface area contributed by atoms with Gasteiger partial charge in [-0.05, 0) is 91.8 Å². The Hall–Kier alpha value is -3.12. The van der Waals surface area contributed by atoms with Gasteiger partial charge in [-0.2, -0.15) is 0 Å². The lowest BCUT2D eigenvalue weighted by Crippen LogP contribution is -2.39. The van der Waals surface area contributed by atoms with E-state index in [1.807, 2.05) is 62.4 Å². The van der Waals surface area contributed by atoms with E-state index < -0.39 is 12.0 Å². The molecular weight excluding hydrogens is 734 g/mol. The smallest absolute Gasteiger partial charge is 0.338 e. The lowest BCUT2D eigenvalue weighted by molar-refractivity contribution is -0.139. The van der Waals surface area contributed by atoms with E-state index in [0.29, 0.717) is 48.8 Å². The summed E-state index contributed by atoms with van der Waals surface area (Å²) in [6.07, 6.45) is 1.81. The van der Waals surface area contributed by atoms with Crippen LogP contribution in [0.15, 0.2) is 75.7 Å². The molecule has 5 rings (SSSR count). The molecule has 2 heterocycles. The zero-order valence-electron chi connectivity index (χ0n) is 24.4. The van der Waals surface area contributed by atoms with Crippen molar-refractivity contribution >= 4 is 69.2 Å². The molecule has 0 aliphatic carbocycles. The van der Waals surface area contributed by atoms with E-state index in [1.54, 1.807) is 30.5 Å². The second-order valence-electron chi connectivity index (χ2n) is 10.0. The fraction of sp³-hybridized carbons (Fsp3) is 0.242. The van der Waals surface area contributed by atoms with Crippen LogP contribution >= 0.6 is 57.1 Å². The van der Waals surface area contributed by atoms with Crippen LogP contribution in [0.3, 0.4) is 0 Å². The molecule has 0 saturated carbocycles. The molecule has 1 aromatic heterocycles. The first-order valence-corrected chi connectivity index (χ1v) is 16.6. The molecule has 0 fully saturated rings. The second kappa shape index (κ2) is 13.9. The highest BCUT2D eigenvalue weighted by Gasteiger charge is 2.33. The van der Waals surface area contributed by atoms with Crippen LogP contribution in [-0.2, 0) is 16.1 Å². The standard InChI is InChI=1S/C33H29Cl2IN2O5S/c1-5-41-26-14-20(13-25(36)30(26)43-17-22-11-12-23(34)16-24(22)35)15-27-31(39)38-29(21-9-7-18(3)8-10-21)28(32(40)42-6-2)19(4)37-33(38)44-27/h7-16,29H,5-6,17H2,1-4H3/b27-15-/t29-/m1/s1. The van der Waals surface area contributed by atoms with Gasteiger partial charge in [0.05, 0.1) is 38.6 Å². The molecule has 7 nitrogen and oxygen atoms in total. The summed E-state index contributed by atoms with van der Waals surface area (Å²) < 4.78 is 20.4.